The highest BCUT2D eigenvalue weighted by atomic mass is 16.5. The summed E-state index contributed by atoms with van der Waals surface area (Å²) in [6.07, 6.45) is 6.19. The van der Waals surface area contributed by atoms with Crippen LogP contribution in [0.1, 0.15) is 44.9 Å². The molecular weight excluding hydrogens is 370 g/mol. The van der Waals surface area contributed by atoms with E-state index in [0.29, 0.717) is 50.5 Å². The molecule has 2 fully saturated rings. The third kappa shape index (κ3) is 4.27. The van der Waals surface area contributed by atoms with Gasteiger partial charge in [0.2, 0.25) is 11.7 Å². The molecule has 1 N–H and O–H groups in total. The summed E-state index contributed by atoms with van der Waals surface area (Å²) in [5.74, 6) is 1.71. The Kier molecular flexibility index (Phi) is 5.80. The van der Waals surface area contributed by atoms with Gasteiger partial charge in [-0.05, 0) is 37.3 Å². The fraction of sp³-hybridized carbons (Fsp3) is 0.619. The second-order valence-electron chi connectivity index (χ2n) is 8.52. The molecular formula is C21H29N5O3. The van der Waals surface area contributed by atoms with Crippen LogP contribution in [0, 0.1) is 11.3 Å². The fourth-order valence-corrected chi connectivity index (χ4v) is 4.32. The van der Waals surface area contributed by atoms with Gasteiger partial charge >= 0.3 is 6.03 Å². The van der Waals surface area contributed by atoms with Crippen LogP contribution in [-0.2, 0) is 4.74 Å². The first-order valence-electron chi connectivity index (χ1n) is 10.4. The summed E-state index contributed by atoms with van der Waals surface area (Å²) < 4.78 is 11.3. The van der Waals surface area contributed by atoms with Crippen LogP contribution in [0.25, 0.3) is 11.4 Å². The van der Waals surface area contributed by atoms with E-state index >= 15 is 0 Å². The predicted molar refractivity (Wildman–Crippen MR) is 107 cm³/mol. The van der Waals surface area contributed by atoms with Gasteiger partial charge in [-0.3, -0.25) is 4.98 Å². The summed E-state index contributed by atoms with van der Waals surface area (Å²) in [7, 11) is 0. The average Bonchev–Trinajstić information content (AvgIpc) is 3.34. The van der Waals surface area contributed by atoms with E-state index in [0.717, 1.165) is 24.8 Å². The quantitative estimate of drug-likeness (QED) is 0.830. The molecule has 2 saturated heterocycles. The summed E-state index contributed by atoms with van der Waals surface area (Å²) in [4.78, 5) is 23.5. The molecule has 0 aliphatic carbocycles. The maximum absolute atomic E-state index is 12.8. The highest BCUT2D eigenvalue weighted by Gasteiger charge is 2.51. The van der Waals surface area contributed by atoms with Crippen LogP contribution >= 0.6 is 0 Å². The number of ether oxygens (including phenoxy) is 1. The number of amides is 2. The lowest BCUT2D eigenvalue weighted by molar-refractivity contribution is 0.00943. The second-order valence-corrected chi connectivity index (χ2v) is 8.52. The van der Waals surface area contributed by atoms with E-state index < -0.39 is 0 Å². The van der Waals surface area contributed by atoms with Crippen LogP contribution < -0.4 is 5.32 Å². The number of nitrogens with one attached hydrogen (secondary N) is 1. The van der Waals surface area contributed by atoms with Gasteiger partial charge in [0.25, 0.3) is 0 Å². The number of hydrogen-bond donors (Lipinski definition) is 1. The Morgan fingerprint density at radius 1 is 1.38 bits per heavy atom. The highest BCUT2D eigenvalue weighted by Crippen LogP contribution is 2.49. The van der Waals surface area contributed by atoms with Crippen LogP contribution in [0.15, 0.2) is 29.0 Å². The molecule has 2 aromatic heterocycles. The summed E-state index contributed by atoms with van der Waals surface area (Å²) in [6, 6.07) is 3.75. The molecule has 2 aromatic rings. The van der Waals surface area contributed by atoms with Crippen molar-refractivity contribution in [3.63, 3.8) is 0 Å². The normalized spacial score (nSPS) is 21.1. The lowest BCUT2D eigenvalue weighted by atomic mass is 9.72. The molecule has 2 aliphatic rings. The zero-order valence-electron chi connectivity index (χ0n) is 17.1. The summed E-state index contributed by atoms with van der Waals surface area (Å²) in [6.45, 7) is 7.68. The van der Waals surface area contributed by atoms with Crippen molar-refractivity contribution in [2.45, 2.75) is 39.0 Å². The van der Waals surface area contributed by atoms with Gasteiger partial charge in [-0.15, -0.1) is 0 Å². The molecule has 1 spiro atoms. The predicted octanol–water partition coefficient (Wildman–Crippen LogP) is 3.08. The SMILES string of the molecule is CC(C)CCNC(=O)N1CC(c2nc(-c3cccnc3)no2)C2(CCOCC2)C1. The topological polar surface area (TPSA) is 93.4 Å². The Hall–Kier alpha value is -2.48. The number of carbonyl (C=O) groups excluding carboxylic acids is 1. The van der Waals surface area contributed by atoms with Crippen LogP contribution in [0.3, 0.4) is 0 Å². The Morgan fingerprint density at radius 3 is 2.93 bits per heavy atom. The number of aromatic nitrogens is 3. The van der Waals surface area contributed by atoms with Crippen molar-refractivity contribution in [3.8, 4) is 11.4 Å². The number of carbonyl (C=O) groups is 1. The summed E-state index contributed by atoms with van der Waals surface area (Å²) in [5, 5.41) is 7.23. The molecule has 0 bridgehead atoms. The summed E-state index contributed by atoms with van der Waals surface area (Å²) >= 11 is 0. The molecule has 1 atom stereocenters. The molecule has 1 unspecified atom stereocenters. The van der Waals surface area contributed by atoms with Crippen molar-refractivity contribution in [1.29, 1.82) is 0 Å². The average molecular weight is 399 g/mol. The van der Waals surface area contributed by atoms with Gasteiger partial charge in [-0.1, -0.05) is 19.0 Å². The van der Waals surface area contributed by atoms with Crippen molar-refractivity contribution < 1.29 is 14.1 Å². The first-order valence-corrected chi connectivity index (χ1v) is 10.4. The molecule has 2 aliphatic heterocycles. The van der Waals surface area contributed by atoms with Crippen LogP contribution in [0.4, 0.5) is 4.79 Å². The third-order valence-electron chi connectivity index (χ3n) is 6.08. The van der Waals surface area contributed by atoms with Crippen LogP contribution in [0.2, 0.25) is 0 Å². The van der Waals surface area contributed by atoms with Gasteiger partial charge in [0, 0.05) is 56.2 Å². The standard InChI is InChI=1S/C21H29N5O3/c1-15(2)5-9-23-20(27)26-13-17(21(14-26)6-10-28-11-7-21)19-24-18(25-29-19)16-4-3-8-22-12-16/h3-4,8,12,15,17H,5-7,9-11,13-14H2,1-2H3,(H,23,27). The maximum Gasteiger partial charge on any atom is 0.317 e. The first kappa shape index (κ1) is 19.8. The Morgan fingerprint density at radius 2 is 2.21 bits per heavy atom. The first-order chi connectivity index (χ1) is 14.1. The van der Waals surface area contributed by atoms with E-state index in [2.05, 4.69) is 34.3 Å². The fourth-order valence-electron chi connectivity index (χ4n) is 4.32. The molecule has 8 heteroatoms. The molecule has 29 heavy (non-hydrogen) atoms. The van der Waals surface area contributed by atoms with Gasteiger partial charge in [0.05, 0.1) is 5.92 Å². The van der Waals surface area contributed by atoms with Crippen molar-refractivity contribution >= 4 is 6.03 Å². The minimum absolute atomic E-state index is 0.00832. The molecule has 8 nitrogen and oxygen atoms in total. The monoisotopic (exact) mass is 399 g/mol. The maximum atomic E-state index is 12.8. The molecule has 2 amide bonds. The zero-order chi connectivity index (χ0) is 20.3. The number of pyridine rings is 1. The van der Waals surface area contributed by atoms with E-state index in [-0.39, 0.29) is 17.4 Å². The minimum atomic E-state index is -0.0770. The number of likely N-dealkylation sites (tertiary alicyclic amines) is 1. The Bertz CT molecular complexity index is 817. The molecule has 0 saturated carbocycles. The van der Waals surface area contributed by atoms with Gasteiger partial charge in [-0.25, -0.2) is 4.79 Å². The van der Waals surface area contributed by atoms with Gasteiger partial charge < -0.3 is 19.5 Å². The number of nitrogens with zero attached hydrogens (tertiary/aromatic N) is 4. The highest BCUT2D eigenvalue weighted by molar-refractivity contribution is 5.74. The van der Waals surface area contributed by atoms with Crippen LogP contribution in [0.5, 0.6) is 0 Å². The second kappa shape index (κ2) is 8.49. The lowest BCUT2D eigenvalue weighted by Crippen LogP contribution is -2.41. The summed E-state index contributed by atoms with van der Waals surface area (Å²) in [5.41, 5.74) is 0.747. The van der Waals surface area contributed by atoms with Gasteiger partial charge in [0.1, 0.15) is 0 Å². The Balaban J connectivity index is 1.53. The number of hydrogen-bond acceptors (Lipinski definition) is 6. The molecule has 156 valence electrons. The molecule has 0 radical (unpaired) electrons. The smallest absolute Gasteiger partial charge is 0.317 e. The van der Waals surface area contributed by atoms with Crippen molar-refractivity contribution in [2.24, 2.45) is 11.3 Å². The van der Waals surface area contributed by atoms with E-state index in [1.165, 1.54) is 0 Å². The lowest BCUT2D eigenvalue weighted by Gasteiger charge is -2.36. The van der Waals surface area contributed by atoms with E-state index in [9.17, 15) is 4.79 Å². The van der Waals surface area contributed by atoms with Crippen molar-refractivity contribution in [1.82, 2.24) is 25.3 Å². The van der Waals surface area contributed by atoms with E-state index in [4.69, 9.17) is 9.26 Å². The van der Waals surface area contributed by atoms with Gasteiger partial charge in [-0.2, -0.15) is 4.98 Å². The Labute approximate surface area is 171 Å². The minimum Gasteiger partial charge on any atom is -0.381 e. The molecule has 4 heterocycles. The third-order valence-corrected chi connectivity index (χ3v) is 6.08. The van der Waals surface area contributed by atoms with E-state index in [1.54, 1.807) is 12.4 Å². The van der Waals surface area contributed by atoms with Crippen molar-refractivity contribution in [3.05, 3.63) is 30.4 Å². The molecule has 0 aromatic carbocycles. The van der Waals surface area contributed by atoms with E-state index in [1.807, 2.05) is 17.0 Å². The zero-order valence-corrected chi connectivity index (χ0v) is 17.1. The number of rotatable bonds is 5. The molecule has 4 rings (SSSR count). The largest absolute Gasteiger partial charge is 0.381 e. The van der Waals surface area contributed by atoms with Crippen LogP contribution in [-0.4, -0.2) is 58.9 Å². The van der Waals surface area contributed by atoms with Gasteiger partial charge in [0.15, 0.2) is 0 Å². The van der Waals surface area contributed by atoms with Crippen molar-refractivity contribution in [2.75, 3.05) is 32.8 Å². The number of urea groups is 1.